The molecule has 0 unspecified atom stereocenters. The van der Waals surface area contributed by atoms with E-state index < -0.39 is 0 Å². The van der Waals surface area contributed by atoms with E-state index in [-0.39, 0.29) is 0 Å². The molecule has 1 aliphatic carbocycles. The zero-order valence-electron chi connectivity index (χ0n) is 24.2. The lowest BCUT2D eigenvalue weighted by molar-refractivity contribution is 1.10. The fourth-order valence-corrected chi connectivity index (χ4v) is 5.72. The van der Waals surface area contributed by atoms with Crippen LogP contribution in [0, 0.1) is 0 Å². The van der Waals surface area contributed by atoms with Crippen molar-refractivity contribution in [3.63, 3.8) is 0 Å². The van der Waals surface area contributed by atoms with Gasteiger partial charge in [0.1, 0.15) is 0 Å². The van der Waals surface area contributed by atoms with Gasteiger partial charge in [-0.05, 0) is 94.5 Å². The van der Waals surface area contributed by atoms with Crippen LogP contribution in [-0.2, 0) is 0 Å². The number of rotatable bonds is 11. The van der Waals surface area contributed by atoms with Crippen LogP contribution in [0.1, 0.15) is 50.7 Å². The first-order valence-electron chi connectivity index (χ1n) is 14.2. The van der Waals surface area contributed by atoms with Crippen LogP contribution >= 0.6 is 11.3 Å². The van der Waals surface area contributed by atoms with Crippen molar-refractivity contribution < 1.29 is 0 Å². The molecule has 1 heterocycles. The molecule has 0 aliphatic heterocycles. The summed E-state index contributed by atoms with van der Waals surface area (Å²) in [7, 11) is 0. The first-order chi connectivity index (χ1) is 19.9. The second-order valence-corrected chi connectivity index (χ2v) is 11.3. The maximum atomic E-state index is 6.03. The molecule has 41 heavy (non-hydrogen) atoms. The van der Waals surface area contributed by atoms with Crippen molar-refractivity contribution in [2.75, 3.05) is 0 Å². The molecule has 1 aliphatic rings. The molecule has 0 amide bonds. The zero-order valence-corrected chi connectivity index (χ0v) is 25.0. The third-order valence-corrected chi connectivity index (χ3v) is 8.39. The van der Waals surface area contributed by atoms with Crippen LogP contribution in [0.5, 0.6) is 0 Å². The molecule has 3 heteroatoms. The summed E-state index contributed by atoms with van der Waals surface area (Å²) < 4.78 is 0. The van der Waals surface area contributed by atoms with Crippen molar-refractivity contribution in [3.8, 4) is 20.9 Å². The van der Waals surface area contributed by atoms with Gasteiger partial charge in [-0.2, -0.15) is 0 Å². The van der Waals surface area contributed by atoms with Crippen molar-refractivity contribution in [2.24, 2.45) is 11.5 Å². The summed E-state index contributed by atoms with van der Waals surface area (Å²) in [5, 5.41) is 0. The number of benzene rings is 2. The highest BCUT2D eigenvalue weighted by Gasteiger charge is 2.08. The van der Waals surface area contributed by atoms with Crippen LogP contribution in [0.25, 0.3) is 32.0 Å². The smallest absolute Gasteiger partial charge is 0.0349 e. The molecule has 4 rings (SSSR count). The molecule has 2 nitrogen and oxygen atoms in total. The number of thiophene rings is 1. The van der Waals surface area contributed by atoms with E-state index in [2.05, 4.69) is 118 Å². The van der Waals surface area contributed by atoms with Crippen molar-refractivity contribution in [1.29, 1.82) is 0 Å². The van der Waals surface area contributed by atoms with E-state index in [1.54, 1.807) is 17.5 Å². The van der Waals surface area contributed by atoms with Crippen molar-refractivity contribution >= 4 is 22.5 Å². The molecule has 4 N–H and O–H groups in total. The van der Waals surface area contributed by atoms with Crippen molar-refractivity contribution in [2.45, 2.75) is 39.5 Å². The SMILES string of the molecule is C=C(N)/C=C\C(=C/CC(=C)c1ccc(-c2ccc(-c3ccc(C(/C=C4/C=C(CC)C=CC4)=C/N)cc3)s2)cc1)CC. The molecular weight excluding hydrogens is 516 g/mol. The summed E-state index contributed by atoms with van der Waals surface area (Å²) in [6, 6.07) is 21.8. The van der Waals surface area contributed by atoms with Gasteiger partial charge in [-0.25, -0.2) is 0 Å². The molecule has 0 saturated heterocycles. The molecule has 0 radical (unpaired) electrons. The topological polar surface area (TPSA) is 52.0 Å². The lowest BCUT2D eigenvalue weighted by atomic mass is 9.96. The highest BCUT2D eigenvalue weighted by molar-refractivity contribution is 7.18. The van der Waals surface area contributed by atoms with Gasteiger partial charge in [-0.3, -0.25) is 0 Å². The molecule has 1 aromatic heterocycles. The van der Waals surface area contributed by atoms with E-state index in [4.69, 9.17) is 11.5 Å². The molecule has 0 spiro atoms. The standard InChI is InChI=1S/C38H40N2S/c1-5-29(13-11-28(4)40)12-10-27(3)32-14-18-34(19-15-32)37-22-23-38(41-37)35-20-16-33(17-21-35)36(26-39)25-31-9-7-8-30(6-2)24-31/h7-8,11-26H,3-6,9-10,39-40H2,1-2H3/b13-11-,29-12-,31-25+,36-26+. The maximum Gasteiger partial charge on any atom is 0.0349 e. The fraction of sp³-hybridized carbons (Fsp3) is 0.158. The normalized spacial score (nSPS) is 15.0. The van der Waals surface area contributed by atoms with Gasteiger partial charge < -0.3 is 11.5 Å². The van der Waals surface area contributed by atoms with Crippen LogP contribution in [0.2, 0.25) is 0 Å². The van der Waals surface area contributed by atoms with E-state index in [1.165, 1.54) is 37.6 Å². The highest BCUT2D eigenvalue weighted by atomic mass is 32.1. The van der Waals surface area contributed by atoms with Gasteiger partial charge in [0.15, 0.2) is 0 Å². The second kappa shape index (κ2) is 14.3. The van der Waals surface area contributed by atoms with Crippen LogP contribution in [-0.4, -0.2) is 0 Å². The summed E-state index contributed by atoms with van der Waals surface area (Å²) in [5.74, 6) is 0. The van der Waals surface area contributed by atoms with Crippen LogP contribution in [0.15, 0.2) is 145 Å². The van der Waals surface area contributed by atoms with Gasteiger partial charge in [0.25, 0.3) is 0 Å². The minimum absolute atomic E-state index is 0.564. The molecule has 0 atom stereocenters. The van der Waals surface area contributed by atoms with Gasteiger partial charge in [0.2, 0.25) is 0 Å². The van der Waals surface area contributed by atoms with Gasteiger partial charge in [0.05, 0.1) is 0 Å². The van der Waals surface area contributed by atoms with E-state index in [9.17, 15) is 0 Å². The Labute approximate surface area is 249 Å². The first-order valence-corrected chi connectivity index (χ1v) is 15.0. The van der Waals surface area contributed by atoms with Gasteiger partial charge >= 0.3 is 0 Å². The lowest BCUT2D eigenvalue weighted by Gasteiger charge is -2.10. The number of hydrogen-bond donors (Lipinski definition) is 2. The Morgan fingerprint density at radius 2 is 1.51 bits per heavy atom. The summed E-state index contributed by atoms with van der Waals surface area (Å²) in [4.78, 5) is 2.49. The van der Waals surface area contributed by atoms with Gasteiger partial charge in [-0.15, -0.1) is 11.3 Å². The minimum Gasteiger partial charge on any atom is -0.404 e. The number of nitrogens with two attached hydrogens (primary N) is 2. The van der Waals surface area contributed by atoms with Gasteiger partial charge in [-0.1, -0.05) is 111 Å². The zero-order chi connectivity index (χ0) is 29.2. The molecule has 0 saturated carbocycles. The second-order valence-electron chi connectivity index (χ2n) is 10.2. The molecule has 0 bridgehead atoms. The molecular formula is C38H40N2S. The quantitative estimate of drug-likeness (QED) is 0.231. The molecule has 3 aromatic rings. The average Bonchev–Trinajstić information content (AvgIpc) is 3.50. The Morgan fingerprint density at radius 3 is 2.07 bits per heavy atom. The summed E-state index contributed by atoms with van der Waals surface area (Å²) in [6.07, 6.45) is 20.4. The third-order valence-electron chi connectivity index (χ3n) is 7.20. The summed E-state index contributed by atoms with van der Waals surface area (Å²) in [5.41, 5.74) is 23.0. The predicted molar refractivity (Wildman–Crippen MR) is 182 cm³/mol. The Bertz CT molecular complexity index is 1570. The van der Waals surface area contributed by atoms with Crippen LogP contribution in [0.4, 0.5) is 0 Å². The molecule has 0 fully saturated rings. The Balaban J connectivity index is 1.43. The lowest BCUT2D eigenvalue weighted by Crippen LogP contribution is -1.92. The van der Waals surface area contributed by atoms with Crippen molar-refractivity contribution in [1.82, 2.24) is 0 Å². The van der Waals surface area contributed by atoms with Crippen LogP contribution < -0.4 is 11.5 Å². The minimum atomic E-state index is 0.564. The third kappa shape index (κ3) is 8.09. The number of allylic oxidation sites excluding steroid dienone is 12. The average molecular weight is 557 g/mol. The first kappa shape index (κ1) is 29.6. The predicted octanol–water partition coefficient (Wildman–Crippen LogP) is 10.4. The van der Waals surface area contributed by atoms with E-state index >= 15 is 0 Å². The summed E-state index contributed by atoms with van der Waals surface area (Å²) >= 11 is 1.81. The molecule has 208 valence electrons. The Hall–Kier alpha value is -4.34. The van der Waals surface area contributed by atoms with Crippen LogP contribution in [0.3, 0.4) is 0 Å². The summed E-state index contributed by atoms with van der Waals surface area (Å²) in [6.45, 7) is 12.4. The maximum absolute atomic E-state index is 6.03. The Kier molecular flexibility index (Phi) is 10.4. The molecule has 2 aromatic carbocycles. The monoisotopic (exact) mass is 556 g/mol. The fourth-order valence-electron chi connectivity index (χ4n) is 4.70. The van der Waals surface area contributed by atoms with E-state index in [1.807, 2.05) is 12.2 Å². The van der Waals surface area contributed by atoms with Crippen molar-refractivity contribution in [3.05, 3.63) is 156 Å². The van der Waals surface area contributed by atoms with E-state index in [0.717, 1.165) is 48.0 Å². The highest BCUT2D eigenvalue weighted by Crippen LogP contribution is 2.36. The number of hydrogen-bond acceptors (Lipinski definition) is 3. The van der Waals surface area contributed by atoms with E-state index in [0.29, 0.717) is 5.70 Å². The Morgan fingerprint density at radius 1 is 0.878 bits per heavy atom. The largest absolute Gasteiger partial charge is 0.404 e. The van der Waals surface area contributed by atoms with Gasteiger partial charge in [0, 0.05) is 21.7 Å².